The molecule has 82 valence electrons. The zero-order chi connectivity index (χ0) is 10.8. The average Bonchev–Trinajstić information content (AvgIpc) is 3.02. The summed E-state index contributed by atoms with van der Waals surface area (Å²) in [6.45, 7) is 0.470. The van der Waals surface area contributed by atoms with E-state index in [9.17, 15) is 5.11 Å². The lowest BCUT2D eigenvalue weighted by Crippen LogP contribution is -2.27. The maximum Gasteiger partial charge on any atom is 0.0649 e. The minimum atomic E-state index is -0.312. The summed E-state index contributed by atoms with van der Waals surface area (Å²) in [6, 6.07) is 7.61. The van der Waals surface area contributed by atoms with Crippen LogP contribution in [-0.2, 0) is 0 Å². The SMILES string of the molecule is NCC(c1cccc(Cl)c1)C(O)C1CC1. The molecule has 0 spiro atoms. The van der Waals surface area contributed by atoms with Gasteiger partial charge in [-0.1, -0.05) is 23.7 Å². The van der Waals surface area contributed by atoms with Gasteiger partial charge in [0.2, 0.25) is 0 Å². The third kappa shape index (κ3) is 2.51. The summed E-state index contributed by atoms with van der Waals surface area (Å²) in [5.74, 6) is 0.466. The highest BCUT2D eigenvalue weighted by Crippen LogP contribution is 2.38. The standard InChI is InChI=1S/C12H16ClNO/c13-10-3-1-2-9(6-10)11(7-14)12(15)8-4-5-8/h1-3,6,8,11-12,15H,4-5,7,14H2. The molecule has 0 aromatic heterocycles. The van der Waals surface area contributed by atoms with Gasteiger partial charge in [-0.15, -0.1) is 0 Å². The Morgan fingerprint density at radius 3 is 2.73 bits per heavy atom. The minimum absolute atomic E-state index is 0.0243. The van der Waals surface area contributed by atoms with Crippen molar-refractivity contribution in [1.29, 1.82) is 0 Å². The van der Waals surface area contributed by atoms with Crippen molar-refractivity contribution in [1.82, 2.24) is 0 Å². The minimum Gasteiger partial charge on any atom is -0.392 e. The summed E-state index contributed by atoms with van der Waals surface area (Å²) in [4.78, 5) is 0. The van der Waals surface area contributed by atoms with E-state index in [1.165, 1.54) is 0 Å². The summed E-state index contributed by atoms with van der Waals surface area (Å²) in [6.07, 6.45) is 1.93. The Morgan fingerprint density at radius 2 is 2.20 bits per heavy atom. The molecule has 3 heteroatoms. The van der Waals surface area contributed by atoms with Gasteiger partial charge in [0.05, 0.1) is 6.10 Å². The molecule has 0 bridgehead atoms. The van der Waals surface area contributed by atoms with Crippen LogP contribution in [0.15, 0.2) is 24.3 Å². The molecule has 1 aromatic rings. The fourth-order valence-corrected chi connectivity index (χ4v) is 2.17. The molecule has 1 aliphatic carbocycles. The quantitative estimate of drug-likeness (QED) is 0.825. The smallest absolute Gasteiger partial charge is 0.0649 e. The fraction of sp³-hybridized carbons (Fsp3) is 0.500. The highest BCUT2D eigenvalue weighted by atomic mass is 35.5. The van der Waals surface area contributed by atoms with Gasteiger partial charge < -0.3 is 10.8 Å². The molecule has 2 rings (SSSR count). The molecule has 15 heavy (non-hydrogen) atoms. The molecule has 0 radical (unpaired) electrons. The van der Waals surface area contributed by atoms with Gasteiger partial charge >= 0.3 is 0 Å². The Morgan fingerprint density at radius 1 is 1.47 bits per heavy atom. The van der Waals surface area contributed by atoms with Gasteiger partial charge in [-0.3, -0.25) is 0 Å². The first kappa shape index (κ1) is 10.9. The lowest BCUT2D eigenvalue weighted by molar-refractivity contribution is 0.123. The maximum atomic E-state index is 10.1. The van der Waals surface area contributed by atoms with E-state index in [2.05, 4.69) is 0 Å². The zero-order valence-corrected chi connectivity index (χ0v) is 9.32. The molecule has 0 saturated heterocycles. The predicted molar refractivity (Wildman–Crippen MR) is 62.0 cm³/mol. The molecular weight excluding hydrogens is 210 g/mol. The summed E-state index contributed by atoms with van der Waals surface area (Å²) >= 11 is 5.92. The molecule has 0 heterocycles. The molecule has 0 amide bonds. The van der Waals surface area contributed by atoms with Crippen molar-refractivity contribution in [3.05, 3.63) is 34.9 Å². The number of hydrogen-bond acceptors (Lipinski definition) is 2. The van der Waals surface area contributed by atoms with Crippen molar-refractivity contribution in [3.8, 4) is 0 Å². The van der Waals surface area contributed by atoms with E-state index in [1.54, 1.807) is 0 Å². The van der Waals surface area contributed by atoms with Crippen LogP contribution in [0.5, 0.6) is 0 Å². The van der Waals surface area contributed by atoms with Crippen molar-refractivity contribution >= 4 is 11.6 Å². The second-order valence-corrected chi connectivity index (χ2v) is 4.66. The van der Waals surface area contributed by atoms with Gasteiger partial charge in [0.15, 0.2) is 0 Å². The van der Waals surface area contributed by atoms with Crippen LogP contribution in [0, 0.1) is 5.92 Å². The molecule has 2 nitrogen and oxygen atoms in total. The monoisotopic (exact) mass is 225 g/mol. The number of aliphatic hydroxyl groups excluding tert-OH is 1. The van der Waals surface area contributed by atoms with Crippen molar-refractivity contribution in [2.45, 2.75) is 24.9 Å². The van der Waals surface area contributed by atoms with E-state index < -0.39 is 0 Å². The van der Waals surface area contributed by atoms with Crippen molar-refractivity contribution in [2.24, 2.45) is 11.7 Å². The summed E-state index contributed by atoms with van der Waals surface area (Å²) < 4.78 is 0. The van der Waals surface area contributed by atoms with Crippen LogP contribution in [0.4, 0.5) is 0 Å². The Hall–Kier alpha value is -0.570. The number of rotatable bonds is 4. The van der Waals surface area contributed by atoms with Gasteiger partial charge in [0, 0.05) is 17.5 Å². The largest absolute Gasteiger partial charge is 0.392 e. The van der Waals surface area contributed by atoms with Crippen molar-refractivity contribution < 1.29 is 5.11 Å². The van der Waals surface area contributed by atoms with Gasteiger partial charge in [0.25, 0.3) is 0 Å². The topological polar surface area (TPSA) is 46.2 Å². The lowest BCUT2D eigenvalue weighted by atomic mass is 9.91. The third-order valence-electron chi connectivity index (χ3n) is 3.05. The summed E-state index contributed by atoms with van der Waals surface area (Å²) in [7, 11) is 0. The Kier molecular flexibility index (Phi) is 3.29. The molecule has 2 unspecified atom stereocenters. The van der Waals surface area contributed by atoms with Crippen LogP contribution in [0.3, 0.4) is 0 Å². The maximum absolute atomic E-state index is 10.1. The van der Waals surface area contributed by atoms with Crippen LogP contribution in [0.2, 0.25) is 5.02 Å². The second-order valence-electron chi connectivity index (χ2n) is 4.23. The molecule has 2 atom stereocenters. The molecule has 1 aromatic carbocycles. The molecule has 1 aliphatic rings. The summed E-state index contributed by atoms with van der Waals surface area (Å²) in [5.41, 5.74) is 6.76. The normalized spacial score (nSPS) is 19.9. The first-order valence-electron chi connectivity index (χ1n) is 5.36. The average molecular weight is 226 g/mol. The molecule has 0 aliphatic heterocycles. The third-order valence-corrected chi connectivity index (χ3v) is 3.28. The van der Waals surface area contributed by atoms with Gasteiger partial charge in [-0.05, 0) is 36.5 Å². The summed E-state index contributed by atoms with van der Waals surface area (Å²) in [5, 5.41) is 10.8. The van der Waals surface area contributed by atoms with Crippen LogP contribution in [0.1, 0.15) is 24.3 Å². The van der Waals surface area contributed by atoms with Crippen molar-refractivity contribution in [2.75, 3.05) is 6.54 Å². The van der Waals surface area contributed by atoms with Crippen molar-refractivity contribution in [3.63, 3.8) is 0 Å². The molecule has 1 saturated carbocycles. The fourth-order valence-electron chi connectivity index (χ4n) is 1.98. The second kappa shape index (κ2) is 4.52. The van der Waals surface area contributed by atoms with E-state index in [-0.39, 0.29) is 12.0 Å². The predicted octanol–water partition coefficient (Wildman–Crippen LogP) is 2.15. The molecule has 1 fully saturated rings. The van der Waals surface area contributed by atoms with E-state index in [4.69, 9.17) is 17.3 Å². The Balaban J connectivity index is 2.17. The van der Waals surface area contributed by atoms with Crippen LogP contribution < -0.4 is 5.73 Å². The van der Waals surface area contributed by atoms with Crippen LogP contribution in [-0.4, -0.2) is 17.8 Å². The van der Waals surface area contributed by atoms with E-state index in [1.807, 2.05) is 24.3 Å². The number of nitrogens with two attached hydrogens (primary N) is 1. The first-order chi connectivity index (χ1) is 7.22. The van der Waals surface area contributed by atoms with E-state index >= 15 is 0 Å². The van der Waals surface area contributed by atoms with Crippen LogP contribution in [0.25, 0.3) is 0 Å². The first-order valence-corrected chi connectivity index (χ1v) is 5.73. The number of benzene rings is 1. The number of aliphatic hydroxyl groups is 1. The van der Waals surface area contributed by atoms with Gasteiger partial charge in [-0.25, -0.2) is 0 Å². The highest BCUT2D eigenvalue weighted by Gasteiger charge is 2.35. The Bertz CT molecular complexity index is 338. The van der Waals surface area contributed by atoms with Gasteiger partial charge in [0.1, 0.15) is 0 Å². The van der Waals surface area contributed by atoms with E-state index in [0.29, 0.717) is 17.5 Å². The Labute approximate surface area is 95.1 Å². The van der Waals surface area contributed by atoms with Crippen LogP contribution >= 0.6 is 11.6 Å². The van der Waals surface area contributed by atoms with E-state index in [0.717, 1.165) is 18.4 Å². The zero-order valence-electron chi connectivity index (χ0n) is 8.57. The number of hydrogen-bond donors (Lipinski definition) is 2. The highest BCUT2D eigenvalue weighted by molar-refractivity contribution is 6.30. The molecule has 3 N–H and O–H groups in total. The lowest BCUT2D eigenvalue weighted by Gasteiger charge is -2.21. The molecular formula is C12H16ClNO. The van der Waals surface area contributed by atoms with Gasteiger partial charge in [-0.2, -0.15) is 0 Å². The number of halogens is 1.